The number of carbonyl (C=O) groups excluding carboxylic acids is 2. The second-order valence-electron chi connectivity index (χ2n) is 4.73. The molecule has 0 aromatic heterocycles. The summed E-state index contributed by atoms with van der Waals surface area (Å²) in [6.45, 7) is 3.35. The van der Waals surface area contributed by atoms with Crippen molar-refractivity contribution in [3.05, 3.63) is 29.6 Å². The minimum absolute atomic E-state index is 0.0391. The Balaban J connectivity index is 2.25. The molecule has 0 radical (unpaired) electrons. The predicted octanol–water partition coefficient (Wildman–Crippen LogP) is 1.17. The van der Waals surface area contributed by atoms with Gasteiger partial charge >= 0.3 is 0 Å². The number of piperazine rings is 1. The van der Waals surface area contributed by atoms with Gasteiger partial charge in [0.15, 0.2) is 0 Å². The number of para-hydroxylation sites is 1. The molecule has 0 bridgehead atoms. The van der Waals surface area contributed by atoms with E-state index in [9.17, 15) is 14.0 Å². The van der Waals surface area contributed by atoms with Crippen molar-refractivity contribution in [2.24, 2.45) is 0 Å². The lowest BCUT2D eigenvalue weighted by Crippen LogP contribution is -2.50. The van der Waals surface area contributed by atoms with Crippen molar-refractivity contribution in [2.45, 2.75) is 6.92 Å². The summed E-state index contributed by atoms with van der Waals surface area (Å²) in [6.07, 6.45) is 0. The van der Waals surface area contributed by atoms with Crippen LogP contribution >= 0.6 is 0 Å². The fourth-order valence-corrected chi connectivity index (χ4v) is 2.16. The number of benzene rings is 1. The van der Waals surface area contributed by atoms with Crippen molar-refractivity contribution >= 4 is 17.5 Å². The van der Waals surface area contributed by atoms with E-state index in [0.29, 0.717) is 19.6 Å². The Morgan fingerprint density at radius 3 is 2.80 bits per heavy atom. The molecular weight excluding hydrogens is 261 g/mol. The number of rotatable bonds is 3. The molecule has 1 aliphatic rings. The summed E-state index contributed by atoms with van der Waals surface area (Å²) in [5.74, 6) is -0.883. The lowest BCUT2D eigenvalue weighted by molar-refractivity contribution is -0.133. The van der Waals surface area contributed by atoms with Gasteiger partial charge in [-0.1, -0.05) is 6.07 Å². The van der Waals surface area contributed by atoms with Gasteiger partial charge in [-0.2, -0.15) is 0 Å². The minimum atomic E-state index is -0.460. The summed E-state index contributed by atoms with van der Waals surface area (Å²) in [7, 11) is 1.70. The highest BCUT2D eigenvalue weighted by molar-refractivity contribution is 6.01. The second kappa shape index (κ2) is 5.90. The van der Waals surface area contributed by atoms with Gasteiger partial charge in [-0.05, 0) is 19.1 Å². The molecule has 5 nitrogen and oxygen atoms in total. The molecule has 1 N–H and O–H groups in total. The molecule has 0 spiro atoms. The fourth-order valence-electron chi connectivity index (χ4n) is 2.16. The Labute approximate surface area is 117 Å². The van der Waals surface area contributed by atoms with Gasteiger partial charge in [0.1, 0.15) is 12.4 Å². The lowest BCUT2D eigenvalue weighted by atomic mass is 10.1. The topological polar surface area (TPSA) is 52.7 Å². The molecule has 2 rings (SSSR count). The highest BCUT2D eigenvalue weighted by Crippen LogP contribution is 2.22. The van der Waals surface area contributed by atoms with Crippen LogP contribution in [-0.2, 0) is 4.79 Å². The maximum atomic E-state index is 13.8. The van der Waals surface area contributed by atoms with Crippen molar-refractivity contribution in [2.75, 3.05) is 38.5 Å². The third-order valence-electron chi connectivity index (χ3n) is 3.34. The largest absolute Gasteiger partial charge is 0.382 e. The van der Waals surface area contributed by atoms with E-state index in [2.05, 4.69) is 5.32 Å². The fraction of sp³-hybridized carbons (Fsp3) is 0.429. The van der Waals surface area contributed by atoms with Crippen LogP contribution in [-0.4, -0.2) is 54.8 Å². The highest BCUT2D eigenvalue weighted by atomic mass is 19.1. The standard InChI is InChI=1S/C14H18FN3O2/c1-3-16-13-10(5-4-6-11(13)15)14(20)18-8-7-17(2)12(19)9-18/h4-6,16H,3,7-9H2,1-2H3. The zero-order valence-corrected chi connectivity index (χ0v) is 11.6. The van der Waals surface area contributed by atoms with Crippen LogP contribution in [0.1, 0.15) is 17.3 Å². The monoisotopic (exact) mass is 279 g/mol. The van der Waals surface area contributed by atoms with E-state index < -0.39 is 5.82 Å². The van der Waals surface area contributed by atoms with Crippen LogP contribution < -0.4 is 5.32 Å². The average Bonchev–Trinajstić information content (AvgIpc) is 2.43. The summed E-state index contributed by atoms with van der Waals surface area (Å²) in [5.41, 5.74) is 0.468. The zero-order valence-electron chi connectivity index (χ0n) is 11.6. The number of halogens is 1. The van der Waals surface area contributed by atoms with Crippen molar-refractivity contribution < 1.29 is 14.0 Å². The number of carbonyl (C=O) groups is 2. The molecule has 1 aromatic rings. The van der Waals surface area contributed by atoms with Gasteiger partial charge in [0.2, 0.25) is 5.91 Å². The van der Waals surface area contributed by atoms with Crippen LogP contribution in [0.2, 0.25) is 0 Å². The third kappa shape index (κ3) is 2.74. The highest BCUT2D eigenvalue weighted by Gasteiger charge is 2.27. The molecule has 2 amide bonds. The van der Waals surface area contributed by atoms with Crippen molar-refractivity contribution in [1.29, 1.82) is 0 Å². The number of hydrogen-bond acceptors (Lipinski definition) is 3. The first-order chi connectivity index (χ1) is 9.54. The molecule has 0 aliphatic carbocycles. The summed E-state index contributed by atoms with van der Waals surface area (Å²) < 4.78 is 13.8. The molecule has 1 saturated heterocycles. The smallest absolute Gasteiger partial charge is 0.256 e. The van der Waals surface area contributed by atoms with Crippen LogP contribution in [0.15, 0.2) is 18.2 Å². The second-order valence-corrected chi connectivity index (χ2v) is 4.73. The van der Waals surface area contributed by atoms with Gasteiger partial charge in [-0.3, -0.25) is 9.59 Å². The summed E-state index contributed by atoms with van der Waals surface area (Å²) >= 11 is 0. The molecule has 1 fully saturated rings. The van der Waals surface area contributed by atoms with Crippen LogP contribution in [0.25, 0.3) is 0 Å². The van der Waals surface area contributed by atoms with Crippen LogP contribution in [0.3, 0.4) is 0 Å². The van der Waals surface area contributed by atoms with E-state index in [0.717, 1.165) is 0 Å². The van der Waals surface area contributed by atoms with E-state index in [1.807, 2.05) is 6.92 Å². The summed E-state index contributed by atoms with van der Waals surface area (Å²) in [4.78, 5) is 27.1. The van der Waals surface area contributed by atoms with E-state index in [1.54, 1.807) is 18.0 Å². The van der Waals surface area contributed by atoms with Gasteiger partial charge in [0, 0.05) is 26.7 Å². The van der Waals surface area contributed by atoms with Crippen LogP contribution in [0, 0.1) is 5.82 Å². The molecule has 0 unspecified atom stereocenters. The molecule has 108 valence electrons. The number of nitrogens with zero attached hydrogens (tertiary/aromatic N) is 2. The maximum Gasteiger partial charge on any atom is 0.256 e. The number of nitrogens with one attached hydrogen (secondary N) is 1. The van der Waals surface area contributed by atoms with Crippen molar-refractivity contribution in [1.82, 2.24) is 9.80 Å². The quantitative estimate of drug-likeness (QED) is 0.903. The molecule has 1 heterocycles. The van der Waals surface area contributed by atoms with Gasteiger partial charge in [-0.25, -0.2) is 4.39 Å². The SMILES string of the molecule is CCNc1c(F)cccc1C(=O)N1CCN(C)C(=O)C1. The molecule has 20 heavy (non-hydrogen) atoms. The van der Waals surface area contributed by atoms with E-state index in [1.165, 1.54) is 17.0 Å². The third-order valence-corrected chi connectivity index (χ3v) is 3.34. The van der Waals surface area contributed by atoms with Crippen LogP contribution in [0.4, 0.5) is 10.1 Å². The van der Waals surface area contributed by atoms with Crippen molar-refractivity contribution in [3.63, 3.8) is 0 Å². The molecule has 0 saturated carbocycles. The predicted molar refractivity (Wildman–Crippen MR) is 74.1 cm³/mol. The first-order valence-electron chi connectivity index (χ1n) is 6.60. The van der Waals surface area contributed by atoms with Gasteiger partial charge in [0.05, 0.1) is 11.3 Å². The Hall–Kier alpha value is -2.11. The molecule has 0 atom stereocenters. The Morgan fingerprint density at radius 2 is 2.15 bits per heavy atom. The van der Waals surface area contributed by atoms with E-state index in [-0.39, 0.29) is 29.6 Å². The number of likely N-dealkylation sites (N-methyl/N-ethyl adjacent to an activating group) is 1. The van der Waals surface area contributed by atoms with E-state index >= 15 is 0 Å². The molecule has 1 aromatic carbocycles. The number of amides is 2. The van der Waals surface area contributed by atoms with Gasteiger partial charge in [0.25, 0.3) is 5.91 Å². The average molecular weight is 279 g/mol. The Morgan fingerprint density at radius 1 is 1.40 bits per heavy atom. The first kappa shape index (κ1) is 14.3. The molecule has 1 aliphatic heterocycles. The normalized spacial score (nSPS) is 15.4. The zero-order chi connectivity index (χ0) is 14.7. The Bertz CT molecular complexity index is 533. The number of hydrogen-bond donors (Lipinski definition) is 1. The van der Waals surface area contributed by atoms with Crippen LogP contribution in [0.5, 0.6) is 0 Å². The van der Waals surface area contributed by atoms with Gasteiger partial charge in [-0.15, -0.1) is 0 Å². The first-order valence-corrected chi connectivity index (χ1v) is 6.60. The minimum Gasteiger partial charge on any atom is -0.382 e. The lowest BCUT2D eigenvalue weighted by Gasteiger charge is -2.32. The van der Waals surface area contributed by atoms with Gasteiger partial charge < -0.3 is 15.1 Å². The summed E-state index contributed by atoms with van der Waals surface area (Å²) in [5, 5.41) is 2.87. The maximum absolute atomic E-state index is 13.8. The number of anilines is 1. The van der Waals surface area contributed by atoms with Crippen molar-refractivity contribution in [3.8, 4) is 0 Å². The Kier molecular flexibility index (Phi) is 4.22. The molecular formula is C14H18FN3O2. The molecule has 6 heteroatoms. The summed E-state index contributed by atoms with van der Waals surface area (Å²) in [6, 6.07) is 4.39. The van der Waals surface area contributed by atoms with E-state index in [4.69, 9.17) is 0 Å².